The lowest BCUT2D eigenvalue weighted by Crippen LogP contribution is -2.36. The Hall–Kier alpha value is -2.04. The van der Waals surface area contributed by atoms with Crippen LogP contribution in [0.25, 0.3) is 0 Å². The molecule has 6 heteroatoms. The van der Waals surface area contributed by atoms with E-state index in [-0.39, 0.29) is 5.92 Å². The molecule has 2 rings (SSSR count). The van der Waals surface area contributed by atoms with Gasteiger partial charge in [0.05, 0.1) is 0 Å². The third kappa shape index (κ3) is 5.48. The lowest BCUT2D eigenvalue weighted by molar-refractivity contribution is -0.136. The van der Waals surface area contributed by atoms with Crippen LogP contribution in [0.2, 0.25) is 10.0 Å². The molecular weight excluding hydrogens is 359 g/mol. The normalized spacial score (nSPS) is 10.6. The van der Waals surface area contributed by atoms with Crippen LogP contribution in [-0.2, 0) is 16.0 Å². The van der Waals surface area contributed by atoms with E-state index in [9.17, 15) is 9.59 Å². The van der Waals surface area contributed by atoms with Gasteiger partial charge in [0.25, 0.3) is 0 Å². The van der Waals surface area contributed by atoms with Crippen LogP contribution < -0.4 is 10.6 Å². The molecule has 132 valence electrons. The lowest BCUT2D eigenvalue weighted by atomic mass is 10.0. The second kappa shape index (κ2) is 8.88. The smallest absolute Gasteiger partial charge is 0.313 e. The van der Waals surface area contributed by atoms with Gasteiger partial charge in [-0.3, -0.25) is 9.59 Å². The third-order valence-electron chi connectivity index (χ3n) is 3.73. The molecular formula is C19H20Cl2N2O2. The van der Waals surface area contributed by atoms with E-state index in [4.69, 9.17) is 23.2 Å². The molecule has 0 aliphatic carbocycles. The molecule has 0 atom stereocenters. The molecule has 2 aromatic carbocycles. The van der Waals surface area contributed by atoms with Crippen molar-refractivity contribution in [3.63, 3.8) is 0 Å². The molecule has 0 heterocycles. The Morgan fingerprint density at radius 2 is 1.76 bits per heavy atom. The summed E-state index contributed by atoms with van der Waals surface area (Å²) in [5.74, 6) is -1.12. The number of hydrogen-bond acceptors (Lipinski definition) is 2. The predicted molar refractivity (Wildman–Crippen MR) is 102 cm³/mol. The van der Waals surface area contributed by atoms with E-state index >= 15 is 0 Å². The number of rotatable bonds is 5. The van der Waals surface area contributed by atoms with Gasteiger partial charge < -0.3 is 10.6 Å². The minimum absolute atomic E-state index is 0.242. The summed E-state index contributed by atoms with van der Waals surface area (Å²) < 4.78 is 0. The van der Waals surface area contributed by atoms with Gasteiger partial charge in [-0.05, 0) is 41.7 Å². The Morgan fingerprint density at radius 1 is 1.04 bits per heavy atom. The number of amides is 2. The molecule has 25 heavy (non-hydrogen) atoms. The highest BCUT2D eigenvalue weighted by Gasteiger charge is 2.15. The number of carbonyl (C=O) groups is 2. The summed E-state index contributed by atoms with van der Waals surface area (Å²) in [7, 11) is 0. The summed E-state index contributed by atoms with van der Waals surface area (Å²) in [5.41, 5.74) is 2.49. The van der Waals surface area contributed by atoms with Gasteiger partial charge >= 0.3 is 11.8 Å². The second-order valence-corrected chi connectivity index (χ2v) is 6.78. The number of para-hydroxylation sites is 1. The first-order valence-electron chi connectivity index (χ1n) is 8.00. The van der Waals surface area contributed by atoms with E-state index in [1.807, 2.05) is 32.0 Å². The van der Waals surface area contributed by atoms with Gasteiger partial charge in [0.2, 0.25) is 0 Å². The molecule has 4 nitrogen and oxygen atoms in total. The zero-order chi connectivity index (χ0) is 18.4. The Balaban J connectivity index is 1.90. The summed E-state index contributed by atoms with van der Waals surface area (Å²) in [6.07, 6.45) is 0.512. The number of hydrogen-bond donors (Lipinski definition) is 2. The summed E-state index contributed by atoms with van der Waals surface area (Å²) >= 11 is 11.9. The number of carbonyl (C=O) groups excluding carboxylic acids is 2. The molecule has 2 N–H and O–H groups in total. The van der Waals surface area contributed by atoms with E-state index in [0.29, 0.717) is 28.7 Å². The Labute approximate surface area is 157 Å². The fourth-order valence-corrected chi connectivity index (χ4v) is 2.91. The molecule has 2 aromatic rings. The van der Waals surface area contributed by atoms with Crippen LogP contribution in [0, 0.1) is 0 Å². The van der Waals surface area contributed by atoms with Crippen molar-refractivity contribution in [1.29, 1.82) is 0 Å². The lowest BCUT2D eigenvalue weighted by Gasteiger charge is -2.13. The molecule has 0 unspecified atom stereocenters. The first-order chi connectivity index (χ1) is 11.9. The summed E-state index contributed by atoms with van der Waals surface area (Å²) in [6.45, 7) is 4.36. The highest BCUT2D eigenvalue weighted by atomic mass is 35.5. The Bertz CT molecular complexity index is 776. The monoisotopic (exact) mass is 378 g/mol. The van der Waals surface area contributed by atoms with Gasteiger partial charge in [0.15, 0.2) is 0 Å². The predicted octanol–water partition coefficient (Wildman–Crippen LogP) is 4.41. The highest BCUT2D eigenvalue weighted by Crippen LogP contribution is 2.23. The first-order valence-corrected chi connectivity index (χ1v) is 8.76. The average Bonchev–Trinajstić information content (AvgIpc) is 2.57. The van der Waals surface area contributed by atoms with Crippen LogP contribution in [0.15, 0.2) is 42.5 Å². The van der Waals surface area contributed by atoms with Crippen molar-refractivity contribution in [2.75, 3.05) is 11.9 Å². The summed E-state index contributed by atoms with van der Waals surface area (Å²) in [4.78, 5) is 24.1. The molecule has 0 aliphatic heterocycles. The zero-order valence-electron chi connectivity index (χ0n) is 14.1. The average molecular weight is 379 g/mol. The van der Waals surface area contributed by atoms with Gasteiger partial charge in [-0.15, -0.1) is 0 Å². The second-order valence-electron chi connectivity index (χ2n) is 5.94. The number of nitrogens with one attached hydrogen (secondary N) is 2. The van der Waals surface area contributed by atoms with Crippen LogP contribution in [0.3, 0.4) is 0 Å². The quantitative estimate of drug-likeness (QED) is 0.756. The summed E-state index contributed by atoms with van der Waals surface area (Å²) in [5, 5.41) is 6.36. The number of benzene rings is 2. The van der Waals surface area contributed by atoms with Gasteiger partial charge in [0.1, 0.15) is 0 Å². The van der Waals surface area contributed by atoms with Crippen molar-refractivity contribution in [1.82, 2.24) is 5.32 Å². The minimum Gasteiger partial charge on any atom is -0.347 e. The first kappa shape index (κ1) is 19.3. The maximum Gasteiger partial charge on any atom is 0.313 e. The van der Waals surface area contributed by atoms with Gasteiger partial charge in [-0.25, -0.2) is 0 Å². The SMILES string of the molecule is CC(C)c1ccccc1NC(=O)C(=O)NCCc1ccc(Cl)cc1Cl. The van der Waals surface area contributed by atoms with E-state index in [2.05, 4.69) is 10.6 Å². The van der Waals surface area contributed by atoms with E-state index in [1.165, 1.54) is 0 Å². The van der Waals surface area contributed by atoms with E-state index in [1.54, 1.807) is 24.3 Å². The van der Waals surface area contributed by atoms with E-state index < -0.39 is 11.8 Å². The maximum absolute atomic E-state index is 12.1. The Morgan fingerprint density at radius 3 is 2.44 bits per heavy atom. The standard InChI is InChI=1S/C19H20Cl2N2O2/c1-12(2)15-5-3-4-6-17(15)23-19(25)18(24)22-10-9-13-7-8-14(20)11-16(13)21/h3-8,11-12H,9-10H2,1-2H3,(H,22,24)(H,23,25). The highest BCUT2D eigenvalue weighted by molar-refractivity contribution is 6.39. The third-order valence-corrected chi connectivity index (χ3v) is 4.32. The van der Waals surface area contributed by atoms with Crippen molar-refractivity contribution in [2.45, 2.75) is 26.2 Å². The molecule has 0 saturated carbocycles. The van der Waals surface area contributed by atoms with Crippen LogP contribution in [-0.4, -0.2) is 18.4 Å². The molecule has 2 amide bonds. The number of halogens is 2. The van der Waals surface area contributed by atoms with E-state index in [0.717, 1.165) is 11.1 Å². The number of anilines is 1. The molecule has 0 spiro atoms. The molecule has 0 bridgehead atoms. The maximum atomic E-state index is 12.1. The zero-order valence-corrected chi connectivity index (χ0v) is 15.6. The van der Waals surface area contributed by atoms with Crippen molar-refractivity contribution in [3.8, 4) is 0 Å². The molecule has 0 aliphatic rings. The van der Waals surface area contributed by atoms with Gasteiger partial charge in [-0.1, -0.05) is 61.3 Å². The van der Waals surface area contributed by atoms with Crippen molar-refractivity contribution >= 4 is 40.7 Å². The summed E-state index contributed by atoms with van der Waals surface area (Å²) in [6, 6.07) is 12.6. The van der Waals surface area contributed by atoms with Crippen LogP contribution in [0.4, 0.5) is 5.69 Å². The molecule has 0 aromatic heterocycles. The van der Waals surface area contributed by atoms with Crippen LogP contribution in [0.1, 0.15) is 30.9 Å². The fraction of sp³-hybridized carbons (Fsp3) is 0.263. The van der Waals surface area contributed by atoms with Crippen LogP contribution in [0.5, 0.6) is 0 Å². The van der Waals surface area contributed by atoms with Crippen molar-refractivity contribution in [2.24, 2.45) is 0 Å². The van der Waals surface area contributed by atoms with Crippen molar-refractivity contribution in [3.05, 3.63) is 63.6 Å². The van der Waals surface area contributed by atoms with Gasteiger partial charge in [0, 0.05) is 22.3 Å². The Kier molecular flexibility index (Phi) is 6.85. The minimum atomic E-state index is -0.685. The van der Waals surface area contributed by atoms with Gasteiger partial charge in [-0.2, -0.15) is 0 Å². The largest absolute Gasteiger partial charge is 0.347 e. The molecule has 0 radical (unpaired) electrons. The van der Waals surface area contributed by atoms with Crippen molar-refractivity contribution < 1.29 is 9.59 Å². The topological polar surface area (TPSA) is 58.2 Å². The van der Waals surface area contributed by atoms with Crippen LogP contribution >= 0.6 is 23.2 Å². The molecule has 0 fully saturated rings. The fourth-order valence-electron chi connectivity index (χ4n) is 2.41. The molecule has 0 saturated heterocycles.